The lowest BCUT2D eigenvalue weighted by molar-refractivity contribution is 0.0996. The van der Waals surface area contributed by atoms with Gasteiger partial charge in [-0.15, -0.1) is 0 Å². The number of carbonyl (C=O) groups excluding carboxylic acids is 1. The van der Waals surface area contributed by atoms with Crippen LogP contribution < -0.4 is 4.80 Å². The molecule has 1 amide bonds. The Morgan fingerprint density at radius 3 is 2.76 bits per heavy atom. The maximum Gasteiger partial charge on any atom is 0.279 e. The van der Waals surface area contributed by atoms with Crippen molar-refractivity contribution in [3.63, 3.8) is 0 Å². The molecule has 2 aromatic carbocycles. The molecule has 0 radical (unpaired) electrons. The number of aryl methyl sites for hydroxylation is 2. The number of nitrogens with zero attached hydrogens (tertiary/aromatic N) is 2. The lowest BCUT2D eigenvalue weighted by Gasteiger charge is -2.15. The van der Waals surface area contributed by atoms with Crippen molar-refractivity contribution in [3.05, 3.63) is 63.5 Å². The van der Waals surface area contributed by atoms with Gasteiger partial charge in [-0.1, -0.05) is 17.4 Å². The summed E-state index contributed by atoms with van der Waals surface area (Å²) in [4.78, 5) is 17.4. The molecule has 0 N–H and O–H groups in total. The Morgan fingerprint density at radius 2 is 1.97 bits per heavy atom. The molecule has 0 saturated carbocycles. The molecule has 4 nitrogen and oxygen atoms in total. The average Bonchev–Trinajstić information content (AvgIpc) is 3.04. The predicted octanol–water partition coefficient (Wildman–Crippen LogP) is 4.64. The molecule has 7 heteroatoms. The smallest absolute Gasteiger partial charge is 0.279 e. The Morgan fingerprint density at radius 1 is 1.17 bits per heavy atom. The van der Waals surface area contributed by atoms with Crippen LogP contribution >= 0.6 is 11.3 Å². The molecule has 29 heavy (non-hydrogen) atoms. The molecule has 1 aliphatic rings. The van der Waals surface area contributed by atoms with Crippen LogP contribution in [-0.4, -0.2) is 23.7 Å². The monoisotopic (exact) mass is 416 g/mol. The molecular formula is C22H22F2N2O2S. The van der Waals surface area contributed by atoms with Crippen molar-refractivity contribution in [2.45, 2.75) is 39.2 Å². The quantitative estimate of drug-likeness (QED) is 0.569. The van der Waals surface area contributed by atoms with E-state index in [1.54, 1.807) is 10.6 Å². The van der Waals surface area contributed by atoms with E-state index in [9.17, 15) is 13.6 Å². The molecular weight excluding hydrogens is 394 g/mol. The van der Waals surface area contributed by atoms with Crippen LogP contribution in [0.1, 0.15) is 41.3 Å². The Balaban J connectivity index is 1.77. The van der Waals surface area contributed by atoms with Crippen molar-refractivity contribution in [2.75, 3.05) is 13.2 Å². The Labute approximate surface area is 171 Å². The molecule has 1 aliphatic carbocycles. The van der Waals surface area contributed by atoms with Crippen molar-refractivity contribution in [2.24, 2.45) is 4.99 Å². The highest BCUT2D eigenvalue weighted by Gasteiger charge is 2.16. The van der Waals surface area contributed by atoms with Crippen molar-refractivity contribution < 1.29 is 18.3 Å². The highest BCUT2D eigenvalue weighted by atomic mass is 32.1. The van der Waals surface area contributed by atoms with Gasteiger partial charge in [-0.05, 0) is 61.9 Å². The summed E-state index contributed by atoms with van der Waals surface area (Å²) in [6, 6.07) is 7.83. The number of carbonyl (C=O) groups is 1. The van der Waals surface area contributed by atoms with Crippen LogP contribution in [0.3, 0.4) is 0 Å². The van der Waals surface area contributed by atoms with Crippen molar-refractivity contribution in [1.82, 2.24) is 4.57 Å². The van der Waals surface area contributed by atoms with Crippen LogP contribution in [0.2, 0.25) is 0 Å². The zero-order chi connectivity index (χ0) is 20.4. The second kappa shape index (κ2) is 8.55. The zero-order valence-corrected chi connectivity index (χ0v) is 17.0. The van der Waals surface area contributed by atoms with Crippen LogP contribution in [0.25, 0.3) is 10.2 Å². The van der Waals surface area contributed by atoms with Crippen molar-refractivity contribution >= 4 is 27.5 Å². The van der Waals surface area contributed by atoms with Gasteiger partial charge in [0.1, 0.15) is 5.82 Å². The SMILES string of the molecule is CCOCCn1c(=NC(=O)c2ccc3c(c2)CCCC3)sc2cc(F)cc(F)c21. The maximum absolute atomic E-state index is 14.5. The number of thiazole rings is 1. The van der Waals surface area contributed by atoms with Gasteiger partial charge in [0.25, 0.3) is 5.91 Å². The molecule has 0 aliphatic heterocycles. The van der Waals surface area contributed by atoms with Gasteiger partial charge in [-0.3, -0.25) is 4.79 Å². The van der Waals surface area contributed by atoms with Gasteiger partial charge in [-0.25, -0.2) is 8.78 Å². The van der Waals surface area contributed by atoms with Gasteiger partial charge < -0.3 is 9.30 Å². The summed E-state index contributed by atoms with van der Waals surface area (Å²) < 4.78 is 35.5. The summed E-state index contributed by atoms with van der Waals surface area (Å²) in [7, 11) is 0. The summed E-state index contributed by atoms with van der Waals surface area (Å²) in [6.45, 7) is 3.07. The molecule has 3 aromatic rings. The number of hydrogen-bond donors (Lipinski definition) is 0. The number of fused-ring (bicyclic) bond motifs is 2. The molecule has 4 rings (SSSR count). The highest BCUT2D eigenvalue weighted by molar-refractivity contribution is 7.16. The van der Waals surface area contributed by atoms with Crippen LogP contribution in [0, 0.1) is 11.6 Å². The van der Waals surface area contributed by atoms with Gasteiger partial charge >= 0.3 is 0 Å². The molecule has 1 heterocycles. The number of aromatic nitrogens is 1. The second-order valence-corrected chi connectivity index (χ2v) is 8.08. The average molecular weight is 416 g/mol. The van der Waals surface area contributed by atoms with Crippen LogP contribution in [0.5, 0.6) is 0 Å². The fraction of sp³-hybridized carbons (Fsp3) is 0.364. The van der Waals surface area contributed by atoms with Crippen molar-refractivity contribution in [1.29, 1.82) is 0 Å². The summed E-state index contributed by atoms with van der Waals surface area (Å²) in [6.07, 6.45) is 4.31. The topological polar surface area (TPSA) is 43.6 Å². The van der Waals surface area contributed by atoms with E-state index in [1.807, 2.05) is 19.1 Å². The number of amides is 1. The minimum atomic E-state index is -0.671. The fourth-order valence-electron chi connectivity index (χ4n) is 3.74. The molecule has 0 fully saturated rings. The first-order valence-electron chi connectivity index (χ1n) is 9.84. The number of hydrogen-bond acceptors (Lipinski definition) is 3. The molecule has 0 spiro atoms. The first-order valence-corrected chi connectivity index (χ1v) is 10.7. The summed E-state index contributed by atoms with van der Waals surface area (Å²) in [5.74, 6) is -1.70. The largest absolute Gasteiger partial charge is 0.380 e. The highest BCUT2D eigenvalue weighted by Crippen LogP contribution is 2.24. The molecule has 1 aromatic heterocycles. The number of rotatable bonds is 5. The van der Waals surface area contributed by atoms with E-state index in [4.69, 9.17) is 4.74 Å². The number of halogens is 2. The minimum absolute atomic E-state index is 0.244. The predicted molar refractivity (Wildman–Crippen MR) is 109 cm³/mol. The summed E-state index contributed by atoms with van der Waals surface area (Å²) in [5.41, 5.74) is 3.25. The van der Waals surface area contributed by atoms with E-state index in [0.29, 0.717) is 34.8 Å². The van der Waals surface area contributed by atoms with Crippen LogP contribution in [0.4, 0.5) is 8.78 Å². The lowest BCUT2D eigenvalue weighted by Crippen LogP contribution is -2.20. The number of benzene rings is 2. The van der Waals surface area contributed by atoms with Gasteiger partial charge in [0, 0.05) is 24.8 Å². The van der Waals surface area contributed by atoms with Gasteiger partial charge in [0.05, 0.1) is 16.8 Å². The standard InChI is InChI=1S/C22H22F2N2O2S/c1-2-28-10-9-26-20-18(24)12-17(23)13-19(20)29-22(26)25-21(27)16-8-7-14-5-3-4-6-15(14)11-16/h7-8,11-13H,2-6,9-10H2,1H3. The second-order valence-electron chi connectivity index (χ2n) is 7.08. The third kappa shape index (κ3) is 4.16. The van der Waals surface area contributed by atoms with Gasteiger partial charge in [0.2, 0.25) is 0 Å². The Hall–Kier alpha value is -2.38. The molecule has 0 bridgehead atoms. The third-order valence-corrected chi connectivity index (χ3v) is 6.18. The van der Waals surface area contributed by atoms with E-state index in [2.05, 4.69) is 4.99 Å². The zero-order valence-electron chi connectivity index (χ0n) is 16.2. The summed E-state index contributed by atoms with van der Waals surface area (Å²) in [5, 5.41) is 0. The molecule has 152 valence electrons. The molecule has 0 atom stereocenters. The molecule has 0 saturated heterocycles. The van der Waals surface area contributed by atoms with Crippen molar-refractivity contribution in [3.8, 4) is 0 Å². The van der Waals surface area contributed by atoms with E-state index in [1.165, 1.54) is 23.6 Å². The van der Waals surface area contributed by atoms with E-state index >= 15 is 0 Å². The molecule has 0 unspecified atom stereocenters. The van der Waals surface area contributed by atoms with E-state index in [0.717, 1.165) is 36.7 Å². The first kappa shape index (κ1) is 19.9. The maximum atomic E-state index is 14.5. The third-order valence-electron chi connectivity index (χ3n) is 5.15. The summed E-state index contributed by atoms with van der Waals surface area (Å²) >= 11 is 1.10. The Bertz CT molecular complexity index is 1130. The lowest BCUT2D eigenvalue weighted by atomic mass is 9.90. The normalized spacial score (nSPS) is 14.4. The van der Waals surface area contributed by atoms with Gasteiger partial charge in [0.15, 0.2) is 10.6 Å². The number of ether oxygens (including phenoxy) is 1. The van der Waals surface area contributed by atoms with E-state index in [-0.39, 0.29) is 11.4 Å². The van der Waals surface area contributed by atoms with Gasteiger partial charge in [-0.2, -0.15) is 4.99 Å². The van der Waals surface area contributed by atoms with E-state index < -0.39 is 11.6 Å². The van der Waals surface area contributed by atoms with Crippen LogP contribution in [-0.2, 0) is 24.1 Å². The fourth-order valence-corrected chi connectivity index (χ4v) is 4.83. The minimum Gasteiger partial charge on any atom is -0.380 e. The first-order chi connectivity index (χ1) is 14.1. The van der Waals surface area contributed by atoms with Crippen LogP contribution in [0.15, 0.2) is 35.3 Å². The Kier molecular flexibility index (Phi) is 5.87.